The van der Waals surface area contributed by atoms with Crippen LogP contribution in [0.25, 0.3) is 22.5 Å². The highest BCUT2D eigenvalue weighted by Gasteiger charge is 2.34. The van der Waals surface area contributed by atoms with E-state index in [0.29, 0.717) is 34.9 Å². The lowest BCUT2D eigenvalue weighted by molar-refractivity contribution is 0.0967. The van der Waals surface area contributed by atoms with Crippen molar-refractivity contribution in [3.63, 3.8) is 0 Å². The second-order valence-electron chi connectivity index (χ2n) is 9.52. The van der Waals surface area contributed by atoms with Crippen molar-refractivity contribution in [1.29, 1.82) is 0 Å². The molecule has 0 saturated heterocycles. The number of nitrogens with zero attached hydrogens (tertiary/aromatic N) is 5. The van der Waals surface area contributed by atoms with Gasteiger partial charge in [0.1, 0.15) is 17.2 Å². The number of aryl methyl sites for hydroxylation is 1. The molecule has 0 amide bonds. The van der Waals surface area contributed by atoms with Gasteiger partial charge in [-0.25, -0.2) is 10.1 Å². The van der Waals surface area contributed by atoms with E-state index in [0.717, 1.165) is 60.2 Å². The average molecular weight is 495 g/mol. The number of allylic oxidation sites excluding steroid dienone is 2. The molecule has 5 rings (SSSR count). The van der Waals surface area contributed by atoms with Gasteiger partial charge in [-0.05, 0) is 47.4 Å². The molecule has 2 heterocycles. The second kappa shape index (κ2) is 10.4. The third kappa shape index (κ3) is 4.67. The summed E-state index contributed by atoms with van der Waals surface area (Å²) in [4.78, 5) is 31.0. The molecule has 0 atom stereocenters. The van der Waals surface area contributed by atoms with Gasteiger partial charge < -0.3 is 4.57 Å². The number of fused-ring (bicyclic) bond motifs is 1. The molecule has 188 valence electrons. The van der Waals surface area contributed by atoms with Crippen molar-refractivity contribution >= 4 is 11.6 Å². The maximum Gasteiger partial charge on any atom is 0.209 e. The summed E-state index contributed by atoms with van der Waals surface area (Å²) in [7, 11) is 0. The average Bonchev–Trinajstić information content (AvgIpc) is 3.58. The molecule has 8 heteroatoms. The summed E-state index contributed by atoms with van der Waals surface area (Å²) in [5.41, 5.74) is 5.71. The predicted octanol–water partition coefficient (Wildman–Crippen LogP) is 5.62. The molecular formula is C29H30N6O2. The third-order valence-corrected chi connectivity index (χ3v) is 7.11. The van der Waals surface area contributed by atoms with Crippen LogP contribution in [0.15, 0.2) is 59.7 Å². The van der Waals surface area contributed by atoms with E-state index in [1.807, 2.05) is 28.8 Å². The Labute approximate surface area is 215 Å². The number of hydrogen-bond acceptors (Lipinski definition) is 6. The number of aromatic amines is 1. The Hall–Kier alpha value is -4.20. The smallest absolute Gasteiger partial charge is 0.209 e. The largest absolute Gasteiger partial charge is 0.320 e. The number of nitrogens with one attached hydrogen (secondary N) is 1. The molecule has 37 heavy (non-hydrogen) atoms. The van der Waals surface area contributed by atoms with E-state index < -0.39 is 0 Å². The van der Waals surface area contributed by atoms with E-state index >= 15 is 0 Å². The van der Waals surface area contributed by atoms with Gasteiger partial charge in [-0.3, -0.25) is 9.59 Å². The van der Waals surface area contributed by atoms with E-state index in [1.54, 1.807) is 13.8 Å². The van der Waals surface area contributed by atoms with Crippen LogP contribution in [0, 0.1) is 0 Å². The number of benzene rings is 2. The van der Waals surface area contributed by atoms with Crippen LogP contribution in [-0.4, -0.2) is 41.7 Å². The Balaban J connectivity index is 1.47. The number of H-pyrrole nitrogens is 1. The first-order chi connectivity index (χ1) is 18.0. The van der Waals surface area contributed by atoms with Gasteiger partial charge in [0, 0.05) is 29.7 Å². The monoisotopic (exact) mass is 494 g/mol. The molecule has 1 aliphatic rings. The Morgan fingerprint density at radius 1 is 0.865 bits per heavy atom. The van der Waals surface area contributed by atoms with Gasteiger partial charge in [-0.2, -0.15) is 0 Å². The van der Waals surface area contributed by atoms with Gasteiger partial charge in [0.15, 0.2) is 5.82 Å². The molecule has 0 spiro atoms. The van der Waals surface area contributed by atoms with Gasteiger partial charge >= 0.3 is 0 Å². The fourth-order valence-corrected chi connectivity index (χ4v) is 4.84. The number of hydrogen-bond donors (Lipinski definition) is 1. The fourth-order valence-electron chi connectivity index (χ4n) is 4.84. The fraction of sp³-hybridized carbons (Fsp3) is 0.310. The van der Waals surface area contributed by atoms with E-state index in [4.69, 9.17) is 4.98 Å². The SMILES string of the molecule is CCCCCCc1nc2c(n1Cc1ccc(-c3ccccc3-c3nnn[nH]3)cc1)C(=O)C(C)=C(C)C2=O. The van der Waals surface area contributed by atoms with Crippen molar-refractivity contribution < 1.29 is 9.59 Å². The van der Waals surface area contributed by atoms with Gasteiger partial charge in [-0.1, -0.05) is 74.7 Å². The maximum atomic E-state index is 13.3. The molecule has 2 aromatic carbocycles. The van der Waals surface area contributed by atoms with E-state index in [-0.39, 0.29) is 11.6 Å². The number of carbonyl (C=O) groups excluding carboxylic acids is 2. The summed E-state index contributed by atoms with van der Waals surface area (Å²) >= 11 is 0. The van der Waals surface area contributed by atoms with Crippen molar-refractivity contribution in [2.45, 2.75) is 59.4 Å². The number of carbonyl (C=O) groups is 2. The summed E-state index contributed by atoms with van der Waals surface area (Å²) in [5, 5.41) is 14.3. The summed E-state index contributed by atoms with van der Waals surface area (Å²) in [6, 6.07) is 16.2. The molecule has 0 radical (unpaired) electrons. The van der Waals surface area contributed by atoms with Crippen LogP contribution in [0.2, 0.25) is 0 Å². The van der Waals surface area contributed by atoms with Gasteiger partial charge in [-0.15, -0.1) is 5.10 Å². The number of tetrazole rings is 1. The van der Waals surface area contributed by atoms with Crippen LogP contribution in [0.1, 0.15) is 78.8 Å². The summed E-state index contributed by atoms with van der Waals surface area (Å²) < 4.78 is 1.96. The van der Waals surface area contributed by atoms with E-state index in [2.05, 4.69) is 51.8 Å². The predicted molar refractivity (Wildman–Crippen MR) is 141 cm³/mol. The number of rotatable bonds is 9. The lowest BCUT2D eigenvalue weighted by Gasteiger charge is -2.16. The topological polar surface area (TPSA) is 106 Å². The zero-order valence-corrected chi connectivity index (χ0v) is 21.4. The minimum Gasteiger partial charge on any atom is -0.320 e. The summed E-state index contributed by atoms with van der Waals surface area (Å²) in [6.45, 7) is 6.10. The zero-order chi connectivity index (χ0) is 25.9. The number of Topliss-reactive ketones (excluding diaryl/α,β-unsaturated/α-hetero) is 2. The minimum atomic E-state index is -0.144. The maximum absolute atomic E-state index is 13.3. The Morgan fingerprint density at radius 2 is 1.59 bits per heavy atom. The van der Waals surface area contributed by atoms with Crippen LogP contribution < -0.4 is 0 Å². The molecular weight excluding hydrogens is 464 g/mol. The molecule has 1 aliphatic carbocycles. The van der Waals surface area contributed by atoms with Gasteiger partial charge in [0.05, 0.1) is 0 Å². The number of imidazole rings is 1. The lowest BCUT2D eigenvalue weighted by atomic mass is 9.92. The molecule has 1 N–H and O–H groups in total. The normalized spacial score (nSPS) is 13.4. The van der Waals surface area contributed by atoms with Crippen molar-refractivity contribution in [3.8, 4) is 22.5 Å². The van der Waals surface area contributed by atoms with Crippen LogP contribution in [0.4, 0.5) is 0 Å². The van der Waals surface area contributed by atoms with Gasteiger partial charge in [0.25, 0.3) is 0 Å². The molecule has 0 fully saturated rings. The van der Waals surface area contributed by atoms with Crippen LogP contribution in [0.3, 0.4) is 0 Å². The first kappa shape index (κ1) is 24.5. The number of ketones is 2. The van der Waals surface area contributed by atoms with Crippen LogP contribution >= 0.6 is 0 Å². The zero-order valence-electron chi connectivity index (χ0n) is 21.4. The van der Waals surface area contributed by atoms with Gasteiger partial charge in [0.2, 0.25) is 11.6 Å². The van der Waals surface area contributed by atoms with Crippen LogP contribution in [-0.2, 0) is 13.0 Å². The lowest BCUT2D eigenvalue weighted by Crippen LogP contribution is -2.22. The highest BCUT2D eigenvalue weighted by molar-refractivity contribution is 6.25. The Bertz CT molecular complexity index is 1480. The summed E-state index contributed by atoms with van der Waals surface area (Å²) in [6.07, 6.45) is 5.12. The van der Waals surface area contributed by atoms with Crippen molar-refractivity contribution in [2.24, 2.45) is 0 Å². The Morgan fingerprint density at radius 3 is 2.30 bits per heavy atom. The number of unbranched alkanes of at least 4 members (excludes halogenated alkanes) is 3. The summed E-state index contributed by atoms with van der Waals surface area (Å²) in [5.74, 6) is 1.16. The highest BCUT2D eigenvalue weighted by atomic mass is 16.1. The van der Waals surface area contributed by atoms with Crippen molar-refractivity contribution in [1.82, 2.24) is 30.2 Å². The third-order valence-electron chi connectivity index (χ3n) is 7.11. The van der Waals surface area contributed by atoms with Crippen molar-refractivity contribution in [3.05, 3.63) is 82.5 Å². The molecule has 2 aromatic heterocycles. The molecule has 0 unspecified atom stereocenters. The first-order valence-corrected chi connectivity index (χ1v) is 12.8. The molecule has 4 aromatic rings. The standard InChI is InChI=1S/C29H30N6O2/c1-4-5-6-7-12-24-30-25-26(28(37)19(3)18(2)27(25)36)35(24)17-20-13-15-21(16-14-20)22-10-8-9-11-23(22)29-31-33-34-32-29/h8-11,13-16H,4-7,12,17H2,1-3H3,(H,31,32,33,34). The molecule has 0 aliphatic heterocycles. The first-order valence-electron chi connectivity index (χ1n) is 12.8. The molecule has 8 nitrogen and oxygen atoms in total. The Kier molecular flexibility index (Phi) is 6.90. The van der Waals surface area contributed by atoms with E-state index in [9.17, 15) is 9.59 Å². The van der Waals surface area contributed by atoms with Crippen LogP contribution in [0.5, 0.6) is 0 Å². The molecule has 0 saturated carbocycles. The van der Waals surface area contributed by atoms with E-state index in [1.165, 1.54) is 0 Å². The van der Waals surface area contributed by atoms with Crippen molar-refractivity contribution in [2.75, 3.05) is 0 Å². The minimum absolute atomic E-state index is 0.106. The number of aromatic nitrogens is 6. The second-order valence-corrected chi connectivity index (χ2v) is 9.52. The quantitative estimate of drug-likeness (QED) is 0.303. The molecule has 0 bridgehead atoms. The highest BCUT2D eigenvalue weighted by Crippen LogP contribution is 2.31.